The van der Waals surface area contributed by atoms with Crippen LogP contribution in [0.5, 0.6) is 0 Å². The largest absolute Gasteiger partial charge is 0.462 e. The zero-order chi connectivity index (χ0) is 15.5. The van der Waals surface area contributed by atoms with E-state index in [0.29, 0.717) is 25.4 Å². The number of hydrogen-bond donors (Lipinski definition) is 0. The highest BCUT2D eigenvalue weighted by molar-refractivity contribution is 9.10. The van der Waals surface area contributed by atoms with Crippen LogP contribution < -0.4 is 4.90 Å². The second-order valence-corrected chi connectivity index (χ2v) is 5.92. The Kier molecular flexibility index (Phi) is 4.59. The Bertz CT molecular complexity index is 699. The molecule has 2 aromatic rings. The lowest BCUT2D eigenvalue weighted by molar-refractivity contribution is 0.0526. The van der Waals surface area contributed by atoms with E-state index in [2.05, 4.69) is 25.8 Å². The van der Waals surface area contributed by atoms with Gasteiger partial charge in [0, 0.05) is 29.1 Å². The number of nitrogens with zero attached hydrogens (tertiary/aromatic N) is 2. The third-order valence-corrected chi connectivity index (χ3v) is 4.12. The molecule has 0 bridgehead atoms. The molecule has 6 heteroatoms. The van der Waals surface area contributed by atoms with Crippen molar-refractivity contribution in [3.63, 3.8) is 0 Å². The summed E-state index contributed by atoms with van der Waals surface area (Å²) in [5, 5.41) is 0.946. The fraction of sp³-hybridized carbons (Fsp3) is 0.375. The Morgan fingerprint density at radius 1 is 1.41 bits per heavy atom. The van der Waals surface area contributed by atoms with Gasteiger partial charge in [0.25, 0.3) is 0 Å². The van der Waals surface area contributed by atoms with Crippen molar-refractivity contribution in [1.82, 2.24) is 4.98 Å². The van der Waals surface area contributed by atoms with Crippen LogP contribution in [0.15, 0.2) is 28.9 Å². The van der Waals surface area contributed by atoms with Crippen LogP contribution in [-0.2, 0) is 9.47 Å². The summed E-state index contributed by atoms with van der Waals surface area (Å²) >= 11 is 3.50. The first-order valence-corrected chi connectivity index (χ1v) is 8.08. The first-order chi connectivity index (χ1) is 10.7. The molecule has 5 nitrogen and oxygen atoms in total. The second kappa shape index (κ2) is 6.62. The van der Waals surface area contributed by atoms with Gasteiger partial charge in [-0.05, 0) is 25.1 Å². The first kappa shape index (κ1) is 15.2. The van der Waals surface area contributed by atoms with Gasteiger partial charge in [0.1, 0.15) is 5.56 Å². The van der Waals surface area contributed by atoms with Gasteiger partial charge in [-0.2, -0.15) is 0 Å². The number of rotatable bonds is 3. The second-order valence-electron chi connectivity index (χ2n) is 5.00. The van der Waals surface area contributed by atoms with E-state index in [-0.39, 0.29) is 5.97 Å². The normalized spacial score (nSPS) is 15.1. The van der Waals surface area contributed by atoms with Crippen molar-refractivity contribution < 1.29 is 14.3 Å². The van der Waals surface area contributed by atoms with Gasteiger partial charge in [0.15, 0.2) is 0 Å². The van der Waals surface area contributed by atoms with E-state index in [0.717, 1.165) is 34.2 Å². The van der Waals surface area contributed by atoms with Crippen LogP contribution in [0, 0.1) is 0 Å². The summed E-state index contributed by atoms with van der Waals surface area (Å²) in [6.07, 6.45) is 1.61. The Hall–Kier alpha value is -1.66. The summed E-state index contributed by atoms with van der Waals surface area (Å²) in [5.74, 6) is -0.335. The number of fused-ring (bicyclic) bond motifs is 1. The molecule has 0 radical (unpaired) electrons. The van der Waals surface area contributed by atoms with Crippen LogP contribution in [0.1, 0.15) is 17.3 Å². The minimum absolute atomic E-state index is 0.335. The minimum Gasteiger partial charge on any atom is -0.462 e. The Labute approximate surface area is 137 Å². The molecule has 1 aliphatic rings. The number of halogens is 1. The van der Waals surface area contributed by atoms with Gasteiger partial charge in [0.05, 0.1) is 31.0 Å². The molecule has 0 amide bonds. The standard InChI is InChI=1S/C16H17BrN2O3/c1-2-22-16(20)13-10-18-14-4-3-11(17)9-12(14)15(13)19-5-7-21-8-6-19/h3-4,9-10H,2,5-8H2,1H3. The topological polar surface area (TPSA) is 51.7 Å². The van der Waals surface area contributed by atoms with Crippen molar-refractivity contribution in [2.75, 3.05) is 37.8 Å². The van der Waals surface area contributed by atoms with E-state index >= 15 is 0 Å². The van der Waals surface area contributed by atoms with Crippen molar-refractivity contribution in [3.05, 3.63) is 34.4 Å². The maximum atomic E-state index is 12.3. The molecule has 22 heavy (non-hydrogen) atoms. The number of ether oxygens (including phenoxy) is 2. The number of aromatic nitrogens is 1. The van der Waals surface area contributed by atoms with E-state index in [1.807, 2.05) is 18.2 Å². The predicted octanol–water partition coefficient (Wildman–Crippen LogP) is 3.01. The quantitative estimate of drug-likeness (QED) is 0.783. The van der Waals surface area contributed by atoms with E-state index in [9.17, 15) is 4.79 Å². The Balaban J connectivity index is 2.18. The third-order valence-electron chi connectivity index (χ3n) is 3.62. The van der Waals surface area contributed by atoms with Gasteiger partial charge in [-0.1, -0.05) is 15.9 Å². The fourth-order valence-electron chi connectivity index (χ4n) is 2.64. The number of carbonyl (C=O) groups is 1. The average molecular weight is 365 g/mol. The predicted molar refractivity (Wildman–Crippen MR) is 88.4 cm³/mol. The molecule has 116 valence electrons. The van der Waals surface area contributed by atoms with Crippen molar-refractivity contribution in [2.45, 2.75) is 6.92 Å². The molecule has 1 fully saturated rings. The maximum absolute atomic E-state index is 12.3. The summed E-state index contributed by atoms with van der Waals surface area (Å²) < 4.78 is 11.6. The molecular formula is C16H17BrN2O3. The molecule has 0 saturated carbocycles. The summed E-state index contributed by atoms with van der Waals surface area (Å²) in [5.41, 5.74) is 2.25. The van der Waals surface area contributed by atoms with Crippen LogP contribution in [0.3, 0.4) is 0 Å². The Morgan fingerprint density at radius 2 is 2.18 bits per heavy atom. The SMILES string of the molecule is CCOC(=O)c1cnc2ccc(Br)cc2c1N1CCOCC1. The molecular weight excluding hydrogens is 348 g/mol. The molecule has 0 unspecified atom stereocenters. The van der Waals surface area contributed by atoms with Gasteiger partial charge >= 0.3 is 5.97 Å². The number of esters is 1. The van der Waals surface area contributed by atoms with Crippen molar-refractivity contribution in [1.29, 1.82) is 0 Å². The highest BCUT2D eigenvalue weighted by Gasteiger charge is 2.23. The van der Waals surface area contributed by atoms with Crippen LogP contribution in [0.25, 0.3) is 10.9 Å². The molecule has 1 aromatic heterocycles. The van der Waals surface area contributed by atoms with Crippen molar-refractivity contribution >= 4 is 38.5 Å². The van der Waals surface area contributed by atoms with Gasteiger partial charge in [0.2, 0.25) is 0 Å². The zero-order valence-electron chi connectivity index (χ0n) is 12.3. The highest BCUT2D eigenvalue weighted by Crippen LogP contribution is 2.32. The van der Waals surface area contributed by atoms with Crippen LogP contribution in [0.4, 0.5) is 5.69 Å². The minimum atomic E-state index is -0.335. The summed E-state index contributed by atoms with van der Waals surface area (Å²) in [4.78, 5) is 18.9. The monoisotopic (exact) mass is 364 g/mol. The van der Waals surface area contributed by atoms with E-state index < -0.39 is 0 Å². The number of pyridine rings is 1. The van der Waals surface area contributed by atoms with E-state index in [1.165, 1.54) is 0 Å². The summed E-state index contributed by atoms with van der Waals surface area (Å²) in [6.45, 7) is 4.95. The maximum Gasteiger partial charge on any atom is 0.341 e. The number of benzene rings is 1. The van der Waals surface area contributed by atoms with Crippen molar-refractivity contribution in [3.8, 4) is 0 Å². The van der Waals surface area contributed by atoms with E-state index in [1.54, 1.807) is 13.1 Å². The summed E-state index contributed by atoms with van der Waals surface area (Å²) in [7, 11) is 0. The summed E-state index contributed by atoms with van der Waals surface area (Å²) in [6, 6.07) is 5.89. The molecule has 0 atom stereocenters. The lowest BCUT2D eigenvalue weighted by Gasteiger charge is -2.31. The van der Waals surface area contributed by atoms with Crippen LogP contribution >= 0.6 is 15.9 Å². The lowest BCUT2D eigenvalue weighted by atomic mass is 10.1. The molecule has 1 aliphatic heterocycles. The smallest absolute Gasteiger partial charge is 0.341 e. The highest BCUT2D eigenvalue weighted by atomic mass is 79.9. The lowest BCUT2D eigenvalue weighted by Crippen LogP contribution is -2.37. The fourth-order valence-corrected chi connectivity index (χ4v) is 3.00. The molecule has 2 heterocycles. The average Bonchev–Trinajstić information content (AvgIpc) is 2.54. The van der Waals surface area contributed by atoms with Crippen LogP contribution in [0.2, 0.25) is 0 Å². The molecule has 1 aromatic carbocycles. The number of anilines is 1. The Morgan fingerprint density at radius 3 is 2.91 bits per heavy atom. The van der Waals surface area contributed by atoms with Crippen LogP contribution in [-0.4, -0.2) is 43.9 Å². The van der Waals surface area contributed by atoms with Gasteiger partial charge in [-0.25, -0.2) is 4.79 Å². The van der Waals surface area contributed by atoms with Gasteiger partial charge < -0.3 is 14.4 Å². The van der Waals surface area contributed by atoms with Gasteiger partial charge in [-0.15, -0.1) is 0 Å². The molecule has 0 N–H and O–H groups in total. The van der Waals surface area contributed by atoms with Gasteiger partial charge in [-0.3, -0.25) is 4.98 Å². The number of carbonyl (C=O) groups excluding carboxylic acids is 1. The third kappa shape index (κ3) is 2.94. The van der Waals surface area contributed by atoms with Crippen molar-refractivity contribution in [2.24, 2.45) is 0 Å². The molecule has 0 spiro atoms. The number of hydrogen-bond acceptors (Lipinski definition) is 5. The zero-order valence-corrected chi connectivity index (χ0v) is 13.9. The molecule has 3 rings (SSSR count). The molecule has 1 saturated heterocycles. The molecule has 0 aliphatic carbocycles. The number of morpholine rings is 1. The first-order valence-electron chi connectivity index (χ1n) is 7.28. The van der Waals surface area contributed by atoms with E-state index in [4.69, 9.17) is 9.47 Å².